The number of piperazine rings is 1. The van der Waals surface area contributed by atoms with Crippen molar-refractivity contribution < 1.29 is 14.6 Å². The number of likely N-dealkylation sites (tertiary alicyclic amines) is 2. The van der Waals surface area contributed by atoms with Crippen LogP contribution >= 0.6 is 24.8 Å². The van der Waals surface area contributed by atoms with Gasteiger partial charge in [0, 0.05) is 50.7 Å². The van der Waals surface area contributed by atoms with Gasteiger partial charge in [0.25, 0.3) is 0 Å². The fourth-order valence-electron chi connectivity index (χ4n) is 5.27. The predicted molar refractivity (Wildman–Crippen MR) is 136 cm³/mol. The number of benzene rings is 1. The molecule has 0 radical (unpaired) electrons. The number of fused-ring (bicyclic) bond motifs is 2. The molecule has 3 fully saturated rings. The molecule has 4 rings (SSSR count). The quantitative estimate of drug-likeness (QED) is 0.504. The van der Waals surface area contributed by atoms with Crippen LogP contribution in [0.1, 0.15) is 38.2 Å². The van der Waals surface area contributed by atoms with Crippen molar-refractivity contribution in [2.45, 2.75) is 57.3 Å². The normalized spacial score (nSPS) is 25.4. The monoisotopic (exact) mass is 502 g/mol. The minimum Gasteiger partial charge on any atom is -0.491 e. The van der Waals surface area contributed by atoms with E-state index < -0.39 is 6.10 Å². The van der Waals surface area contributed by atoms with Crippen molar-refractivity contribution in [1.29, 1.82) is 0 Å². The second kappa shape index (κ2) is 12.6. The van der Waals surface area contributed by atoms with E-state index in [9.17, 15) is 9.90 Å². The van der Waals surface area contributed by atoms with Crippen LogP contribution in [-0.4, -0.2) is 85.4 Å². The summed E-state index contributed by atoms with van der Waals surface area (Å²) in [5, 5.41) is 16.9. The van der Waals surface area contributed by atoms with Crippen LogP contribution in [0.25, 0.3) is 0 Å². The second-order valence-corrected chi connectivity index (χ2v) is 9.88. The summed E-state index contributed by atoms with van der Waals surface area (Å²) in [7, 11) is 1.70. The number of β-amino-alcohol motifs (C(OH)–C–C–N with tert-alkyl or cyclic N) is 1. The highest BCUT2D eigenvalue weighted by Crippen LogP contribution is 2.31. The Bertz CT molecular complexity index is 732. The maximum Gasteiger partial charge on any atom is 0.225 e. The molecule has 0 saturated carbocycles. The van der Waals surface area contributed by atoms with E-state index in [0.717, 1.165) is 51.3 Å². The van der Waals surface area contributed by atoms with E-state index in [1.54, 1.807) is 7.05 Å². The van der Waals surface area contributed by atoms with E-state index >= 15 is 0 Å². The Morgan fingerprint density at radius 3 is 2.33 bits per heavy atom. The zero-order valence-corrected chi connectivity index (χ0v) is 21.4. The number of hydrogen-bond donors (Lipinski definition) is 3. The number of piperidine rings is 1. The molecular weight excluding hydrogens is 463 g/mol. The topological polar surface area (TPSA) is 77.1 Å². The first-order chi connectivity index (χ1) is 14.9. The highest BCUT2D eigenvalue weighted by Gasteiger charge is 2.36. The van der Waals surface area contributed by atoms with Gasteiger partial charge in [-0.1, -0.05) is 19.1 Å². The standard InChI is InChI=1S/C24H38N4O3.2ClH/c1-24(23(30)25-2)9-11-27(12-10-24)16-21(29)17-31-22-7-3-18(4-8-22)13-28-14-19-5-6-20(15-28)26-19;;/h3-4,7-8,19-21,26,29H,5-6,9-17H2,1-2H3,(H,25,30);2*1H/t19-,20+,21?;;. The van der Waals surface area contributed by atoms with Crippen LogP contribution < -0.4 is 15.4 Å². The molecule has 33 heavy (non-hydrogen) atoms. The van der Waals surface area contributed by atoms with Crippen LogP contribution in [0.5, 0.6) is 5.75 Å². The van der Waals surface area contributed by atoms with E-state index in [1.807, 2.05) is 19.1 Å². The van der Waals surface area contributed by atoms with Crippen molar-refractivity contribution in [3.8, 4) is 5.75 Å². The molecule has 3 atom stereocenters. The van der Waals surface area contributed by atoms with Gasteiger partial charge in [0.2, 0.25) is 5.91 Å². The lowest BCUT2D eigenvalue weighted by Gasteiger charge is -2.38. The lowest BCUT2D eigenvalue weighted by molar-refractivity contribution is -0.132. The molecule has 3 saturated heterocycles. The minimum absolute atomic E-state index is 0. The number of aliphatic hydroxyl groups is 1. The highest BCUT2D eigenvalue weighted by atomic mass is 35.5. The molecule has 3 aliphatic heterocycles. The molecule has 0 spiro atoms. The Hall–Kier alpha value is -1.09. The Kier molecular flexibility index (Phi) is 10.7. The van der Waals surface area contributed by atoms with Crippen LogP contribution in [-0.2, 0) is 11.3 Å². The van der Waals surface area contributed by atoms with Crippen molar-refractivity contribution in [3.05, 3.63) is 29.8 Å². The molecule has 9 heteroatoms. The SMILES string of the molecule is CNC(=O)C1(C)CCN(CC(O)COc2ccc(CN3C[C@H]4CC[C@@H](C3)N4)cc2)CC1.Cl.Cl. The van der Waals surface area contributed by atoms with Crippen molar-refractivity contribution in [2.24, 2.45) is 5.41 Å². The summed E-state index contributed by atoms with van der Waals surface area (Å²) in [6, 6.07) is 9.62. The number of ether oxygens (including phenoxy) is 1. The van der Waals surface area contributed by atoms with Gasteiger partial charge in [0.15, 0.2) is 0 Å². The molecule has 0 aliphatic carbocycles. The second-order valence-electron chi connectivity index (χ2n) is 9.88. The molecule has 188 valence electrons. The van der Waals surface area contributed by atoms with Crippen LogP contribution in [0.4, 0.5) is 0 Å². The number of hydrogen-bond acceptors (Lipinski definition) is 6. The van der Waals surface area contributed by atoms with Gasteiger partial charge in [-0.3, -0.25) is 9.69 Å². The molecule has 3 aliphatic rings. The van der Waals surface area contributed by atoms with Gasteiger partial charge in [-0.25, -0.2) is 0 Å². The molecule has 1 aromatic carbocycles. The highest BCUT2D eigenvalue weighted by molar-refractivity contribution is 5.85. The number of carbonyl (C=O) groups is 1. The van der Waals surface area contributed by atoms with Gasteiger partial charge in [0.1, 0.15) is 18.5 Å². The van der Waals surface area contributed by atoms with Crippen molar-refractivity contribution in [2.75, 3.05) is 46.4 Å². The number of halogens is 2. The number of carbonyl (C=O) groups excluding carboxylic acids is 1. The largest absolute Gasteiger partial charge is 0.491 e. The molecule has 1 aromatic rings. The molecule has 2 bridgehead atoms. The predicted octanol–water partition coefficient (Wildman–Crippen LogP) is 2.05. The average molecular weight is 504 g/mol. The van der Waals surface area contributed by atoms with Gasteiger partial charge < -0.3 is 25.4 Å². The molecule has 1 unspecified atom stereocenters. The Morgan fingerprint density at radius 1 is 1.15 bits per heavy atom. The Labute approximate surface area is 210 Å². The molecule has 3 N–H and O–H groups in total. The molecule has 0 aromatic heterocycles. The van der Waals surface area contributed by atoms with Gasteiger partial charge >= 0.3 is 0 Å². The number of aliphatic hydroxyl groups excluding tert-OH is 1. The minimum atomic E-state index is -0.541. The van der Waals surface area contributed by atoms with E-state index in [1.165, 1.54) is 18.4 Å². The van der Waals surface area contributed by atoms with Crippen LogP contribution in [0, 0.1) is 5.41 Å². The van der Waals surface area contributed by atoms with Crippen LogP contribution in [0.2, 0.25) is 0 Å². The third kappa shape index (κ3) is 7.44. The Balaban J connectivity index is 0.00000193. The first-order valence-electron chi connectivity index (χ1n) is 11.8. The smallest absolute Gasteiger partial charge is 0.225 e. The summed E-state index contributed by atoms with van der Waals surface area (Å²) in [6.45, 7) is 7.80. The van der Waals surface area contributed by atoms with Gasteiger partial charge in [-0.05, 0) is 56.5 Å². The molecule has 3 heterocycles. The van der Waals surface area contributed by atoms with Crippen LogP contribution in [0.3, 0.4) is 0 Å². The van der Waals surface area contributed by atoms with Crippen molar-refractivity contribution in [1.82, 2.24) is 20.4 Å². The molecular formula is C24H40Cl2N4O3. The fourth-order valence-corrected chi connectivity index (χ4v) is 5.27. The zero-order valence-electron chi connectivity index (χ0n) is 19.8. The number of nitrogens with zero attached hydrogens (tertiary/aromatic N) is 2. The van der Waals surface area contributed by atoms with Gasteiger partial charge in [-0.15, -0.1) is 24.8 Å². The third-order valence-corrected chi connectivity index (χ3v) is 7.27. The third-order valence-electron chi connectivity index (χ3n) is 7.27. The van der Waals surface area contributed by atoms with E-state index in [2.05, 4.69) is 32.6 Å². The number of amides is 1. The zero-order chi connectivity index (χ0) is 21.8. The maximum atomic E-state index is 12.0. The summed E-state index contributed by atoms with van der Waals surface area (Å²) in [6.07, 6.45) is 3.70. The summed E-state index contributed by atoms with van der Waals surface area (Å²) < 4.78 is 5.83. The van der Waals surface area contributed by atoms with Crippen molar-refractivity contribution in [3.63, 3.8) is 0 Å². The van der Waals surface area contributed by atoms with Gasteiger partial charge in [0.05, 0.1) is 0 Å². The first kappa shape index (κ1) is 28.1. The van der Waals surface area contributed by atoms with E-state index in [0.29, 0.717) is 18.6 Å². The first-order valence-corrected chi connectivity index (χ1v) is 11.8. The van der Waals surface area contributed by atoms with Crippen molar-refractivity contribution >= 4 is 30.7 Å². The average Bonchev–Trinajstić information content (AvgIpc) is 3.12. The number of nitrogens with one attached hydrogen (secondary N) is 2. The lowest BCUT2D eigenvalue weighted by atomic mass is 9.79. The van der Waals surface area contributed by atoms with E-state index in [4.69, 9.17) is 4.74 Å². The lowest BCUT2D eigenvalue weighted by Crippen LogP contribution is -2.50. The fraction of sp³-hybridized carbons (Fsp3) is 0.708. The maximum absolute atomic E-state index is 12.0. The van der Waals surface area contributed by atoms with E-state index in [-0.39, 0.29) is 42.7 Å². The number of rotatable bonds is 8. The summed E-state index contributed by atoms with van der Waals surface area (Å²) in [5.74, 6) is 0.915. The molecule has 1 amide bonds. The molecule has 7 nitrogen and oxygen atoms in total. The van der Waals surface area contributed by atoms with Crippen LogP contribution in [0.15, 0.2) is 24.3 Å². The summed E-state index contributed by atoms with van der Waals surface area (Å²) in [5.41, 5.74) is 1.01. The summed E-state index contributed by atoms with van der Waals surface area (Å²) >= 11 is 0. The van der Waals surface area contributed by atoms with Gasteiger partial charge in [-0.2, -0.15) is 0 Å². The Morgan fingerprint density at radius 2 is 1.76 bits per heavy atom. The summed E-state index contributed by atoms with van der Waals surface area (Å²) in [4.78, 5) is 16.8.